The summed E-state index contributed by atoms with van der Waals surface area (Å²) in [5, 5.41) is 3.67. The van der Waals surface area contributed by atoms with Gasteiger partial charge < -0.3 is 10.1 Å². The fraction of sp³-hybridized carbons (Fsp3) is 0.625. The Bertz CT molecular complexity index is 444. The maximum Gasteiger partial charge on any atom is 0.122 e. The molecule has 3 rings (SSSR count). The molecule has 0 radical (unpaired) electrons. The molecule has 1 aliphatic heterocycles. The van der Waals surface area contributed by atoms with Gasteiger partial charge in [0.05, 0.1) is 6.61 Å². The zero-order chi connectivity index (χ0) is 12.8. The molecular formula is C16H23NO. The highest BCUT2D eigenvalue weighted by Gasteiger charge is 2.60. The van der Waals surface area contributed by atoms with Crippen molar-refractivity contribution in [1.29, 1.82) is 0 Å². The van der Waals surface area contributed by atoms with Crippen molar-refractivity contribution in [3.63, 3.8) is 0 Å². The van der Waals surface area contributed by atoms with Gasteiger partial charge >= 0.3 is 0 Å². The average Bonchev–Trinajstić information content (AvgIpc) is 2.42. The van der Waals surface area contributed by atoms with Crippen LogP contribution in [0.2, 0.25) is 0 Å². The molecule has 4 unspecified atom stereocenters. The Balaban J connectivity index is 1.97. The van der Waals surface area contributed by atoms with Crippen LogP contribution in [-0.4, -0.2) is 19.2 Å². The second kappa shape index (κ2) is 4.27. The maximum atomic E-state index is 5.93. The lowest BCUT2D eigenvalue weighted by Crippen LogP contribution is -2.66. The third-order valence-electron chi connectivity index (χ3n) is 5.15. The summed E-state index contributed by atoms with van der Waals surface area (Å²) in [4.78, 5) is 0. The topological polar surface area (TPSA) is 21.3 Å². The first-order chi connectivity index (χ1) is 8.72. The van der Waals surface area contributed by atoms with E-state index in [4.69, 9.17) is 4.74 Å². The van der Waals surface area contributed by atoms with Crippen LogP contribution in [0.5, 0.6) is 5.75 Å². The number of benzene rings is 1. The molecule has 0 amide bonds. The van der Waals surface area contributed by atoms with Gasteiger partial charge in [0.1, 0.15) is 5.75 Å². The second-order valence-corrected chi connectivity index (χ2v) is 5.89. The zero-order valence-corrected chi connectivity index (χ0v) is 11.6. The van der Waals surface area contributed by atoms with Crippen LogP contribution in [0.25, 0.3) is 0 Å². The Kier molecular flexibility index (Phi) is 2.86. The Morgan fingerprint density at radius 2 is 2.11 bits per heavy atom. The fourth-order valence-electron chi connectivity index (χ4n) is 4.12. The Morgan fingerprint density at radius 1 is 1.33 bits per heavy atom. The van der Waals surface area contributed by atoms with E-state index in [2.05, 4.69) is 50.4 Å². The normalized spacial score (nSPS) is 37.2. The summed E-state index contributed by atoms with van der Waals surface area (Å²) in [6.07, 6.45) is 1.22. The number of rotatable bonds is 3. The lowest BCUT2D eigenvalue weighted by molar-refractivity contribution is -0.0638. The fourth-order valence-corrected chi connectivity index (χ4v) is 4.12. The molecule has 1 aliphatic carbocycles. The van der Waals surface area contributed by atoms with Gasteiger partial charge in [0.15, 0.2) is 0 Å². The molecule has 98 valence electrons. The van der Waals surface area contributed by atoms with Crippen molar-refractivity contribution in [2.75, 3.05) is 13.2 Å². The predicted octanol–water partition coefficient (Wildman–Crippen LogP) is 3.19. The van der Waals surface area contributed by atoms with Crippen molar-refractivity contribution in [2.24, 2.45) is 11.3 Å². The Labute approximate surface area is 110 Å². The lowest BCUT2D eigenvalue weighted by atomic mass is 9.47. The summed E-state index contributed by atoms with van der Waals surface area (Å²) in [5.74, 6) is 2.41. The lowest BCUT2D eigenvalue weighted by Gasteiger charge is -2.62. The molecule has 1 fully saturated rings. The van der Waals surface area contributed by atoms with Crippen molar-refractivity contribution in [3.8, 4) is 5.75 Å². The summed E-state index contributed by atoms with van der Waals surface area (Å²) in [6, 6.07) is 9.18. The van der Waals surface area contributed by atoms with Gasteiger partial charge in [0.2, 0.25) is 0 Å². The average molecular weight is 245 g/mol. The minimum Gasteiger partial charge on any atom is -0.493 e. The highest BCUT2D eigenvalue weighted by molar-refractivity contribution is 5.43. The highest BCUT2D eigenvalue weighted by Crippen LogP contribution is 2.61. The van der Waals surface area contributed by atoms with E-state index in [0.29, 0.717) is 23.3 Å². The van der Waals surface area contributed by atoms with E-state index in [1.165, 1.54) is 12.0 Å². The minimum absolute atomic E-state index is 0.376. The molecule has 1 N–H and O–H groups in total. The van der Waals surface area contributed by atoms with Crippen LogP contribution < -0.4 is 10.1 Å². The first-order valence-electron chi connectivity index (χ1n) is 7.17. The smallest absolute Gasteiger partial charge is 0.122 e. The number of para-hydroxylation sites is 1. The molecule has 2 nitrogen and oxygen atoms in total. The van der Waals surface area contributed by atoms with Gasteiger partial charge in [-0.25, -0.2) is 0 Å². The summed E-state index contributed by atoms with van der Waals surface area (Å²) in [7, 11) is 0. The van der Waals surface area contributed by atoms with E-state index in [9.17, 15) is 0 Å². The van der Waals surface area contributed by atoms with Crippen LogP contribution in [-0.2, 0) is 0 Å². The van der Waals surface area contributed by atoms with Gasteiger partial charge in [-0.1, -0.05) is 39.0 Å². The number of fused-ring (bicyclic) bond motifs is 3. The maximum absolute atomic E-state index is 5.93. The third kappa shape index (κ3) is 1.45. The molecule has 0 saturated heterocycles. The summed E-state index contributed by atoms with van der Waals surface area (Å²) < 4.78 is 5.93. The molecule has 1 saturated carbocycles. The second-order valence-electron chi connectivity index (χ2n) is 5.89. The monoisotopic (exact) mass is 245 g/mol. The third-order valence-corrected chi connectivity index (χ3v) is 5.15. The standard InChI is InChI=1S/C16H23NO/c1-4-16(3)14-11-8-6-7-9-13(11)18-10-12(14)15(16)17-5-2/h6-9,12,14-15,17H,4-5,10H2,1-3H3. The van der Waals surface area contributed by atoms with Crippen molar-refractivity contribution in [1.82, 2.24) is 5.32 Å². The van der Waals surface area contributed by atoms with E-state index in [1.807, 2.05) is 0 Å². The number of ether oxygens (including phenoxy) is 1. The van der Waals surface area contributed by atoms with Crippen molar-refractivity contribution < 1.29 is 4.74 Å². The van der Waals surface area contributed by atoms with Crippen LogP contribution >= 0.6 is 0 Å². The van der Waals surface area contributed by atoms with E-state index in [1.54, 1.807) is 0 Å². The van der Waals surface area contributed by atoms with Gasteiger partial charge in [-0.15, -0.1) is 0 Å². The molecule has 18 heavy (non-hydrogen) atoms. The van der Waals surface area contributed by atoms with Crippen molar-refractivity contribution in [2.45, 2.75) is 39.2 Å². The first-order valence-corrected chi connectivity index (χ1v) is 7.17. The van der Waals surface area contributed by atoms with Crippen LogP contribution in [0.1, 0.15) is 38.7 Å². The van der Waals surface area contributed by atoms with Crippen molar-refractivity contribution >= 4 is 0 Å². The molecule has 2 aliphatic rings. The Morgan fingerprint density at radius 3 is 2.83 bits per heavy atom. The van der Waals surface area contributed by atoms with E-state index in [0.717, 1.165) is 18.9 Å². The highest BCUT2D eigenvalue weighted by atomic mass is 16.5. The van der Waals surface area contributed by atoms with Crippen LogP contribution in [0.3, 0.4) is 0 Å². The van der Waals surface area contributed by atoms with Gasteiger partial charge in [-0.3, -0.25) is 0 Å². The molecule has 0 aromatic heterocycles. The van der Waals surface area contributed by atoms with E-state index < -0.39 is 0 Å². The number of nitrogens with one attached hydrogen (secondary N) is 1. The first kappa shape index (κ1) is 12.0. The number of hydrogen-bond donors (Lipinski definition) is 1. The molecule has 1 aromatic carbocycles. The number of hydrogen-bond acceptors (Lipinski definition) is 2. The molecule has 0 spiro atoms. The van der Waals surface area contributed by atoms with Gasteiger partial charge in [-0.2, -0.15) is 0 Å². The van der Waals surface area contributed by atoms with Crippen LogP contribution in [0, 0.1) is 11.3 Å². The molecule has 1 aromatic rings. The van der Waals surface area contributed by atoms with Gasteiger partial charge in [-0.05, 0) is 30.0 Å². The predicted molar refractivity (Wildman–Crippen MR) is 74.0 cm³/mol. The molecule has 2 heteroatoms. The van der Waals surface area contributed by atoms with E-state index in [-0.39, 0.29) is 0 Å². The van der Waals surface area contributed by atoms with Gasteiger partial charge in [0.25, 0.3) is 0 Å². The summed E-state index contributed by atoms with van der Waals surface area (Å²) >= 11 is 0. The minimum atomic E-state index is 0.376. The van der Waals surface area contributed by atoms with Crippen LogP contribution in [0.4, 0.5) is 0 Å². The van der Waals surface area contributed by atoms with Crippen molar-refractivity contribution in [3.05, 3.63) is 29.8 Å². The van der Waals surface area contributed by atoms with E-state index >= 15 is 0 Å². The molecular weight excluding hydrogens is 222 g/mol. The van der Waals surface area contributed by atoms with Gasteiger partial charge in [0, 0.05) is 17.9 Å². The SMILES string of the molecule is CCNC1C2COc3ccccc3C2C1(C)CC. The summed E-state index contributed by atoms with van der Waals surface area (Å²) in [6.45, 7) is 8.86. The zero-order valence-electron chi connectivity index (χ0n) is 11.6. The quantitative estimate of drug-likeness (QED) is 0.883. The molecule has 1 heterocycles. The molecule has 4 atom stereocenters. The molecule has 0 bridgehead atoms. The Hall–Kier alpha value is -1.02. The largest absolute Gasteiger partial charge is 0.493 e. The summed E-state index contributed by atoms with van der Waals surface area (Å²) in [5.41, 5.74) is 1.80. The van der Waals surface area contributed by atoms with Crippen LogP contribution in [0.15, 0.2) is 24.3 Å².